The first kappa shape index (κ1) is 16.9. The predicted octanol–water partition coefficient (Wildman–Crippen LogP) is 2.87. The molecule has 23 heavy (non-hydrogen) atoms. The van der Waals surface area contributed by atoms with Gasteiger partial charge in [0, 0.05) is 18.3 Å². The van der Waals surface area contributed by atoms with Crippen molar-refractivity contribution in [2.24, 2.45) is 0 Å². The molecular weight excluding hydrogens is 320 g/mol. The Morgan fingerprint density at radius 2 is 2.13 bits per heavy atom. The zero-order valence-corrected chi connectivity index (χ0v) is 13.9. The highest BCUT2D eigenvalue weighted by Crippen LogP contribution is 2.27. The van der Waals surface area contributed by atoms with Crippen molar-refractivity contribution in [3.63, 3.8) is 0 Å². The van der Waals surface area contributed by atoms with E-state index in [9.17, 15) is 18.5 Å². The molecule has 0 saturated carbocycles. The van der Waals surface area contributed by atoms with E-state index in [4.69, 9.17) is 0 Å². The maximum Gasteiger partial charge on any atom is 0.280 e. The van der Waals surface area contributed by atoms with Crippen LogP contribution in [-0.4, -0.2) is 22.9 Å². The second kappa shape index (κ2) is 6.37. The maximum absolute atomic E-state index is 12.4. The van der Waals surface area contributed by atoms with Gasteiger partial charge in [-0.2, -0.15) is 8.42 Å². The van der Waals surface area contributed by atoms with Crippen LogP contribution in [0.5, 0.6) is 0 Å². The average molecular weight is 338 g/mol. The molecule has 0 aliphatic heterocycles. The summed E-state index contributed by atoms with van der Waals surface area (Å²) in [6.07, 6.45) is 3.75. The summed E-state index contributed by atoms with van der Waals surface area (Å²) in [7, 11) is -3.90. The number of hydrogen-bond acceptors (Lipinski definition) is 5. The molecule has 124 valence electrons. The topological polar surface area (TPSA) is 107 Å². The Morgan fingerprint density at radius 1 is 1.43 bits per heavy atom. The fourth-order valence-corrected chi connectivity index (χ4v) is 3.10. The molecule has 1 N–H and O–H groups in total. The number of nitro benzene ring substituents is 1. The van der Waals surface area contributed by atoms with Crippen LogP contribution in [-0.2, 0) is 10.0 Å². The highest BCUT2D eigenvalue weighted by atomic mass is 32.2. The summed E-state index contributed by atoms with van der Waals surface area (Å²) in [6, 6.07) is 4.36. The lowest BCUT2D eigenvalue weighted by atomic mass is 10.2. The molecule has 1 aromatic heterocycles. The number of anilines is 1. The number of hydrogen-bond donors (Lipinski definition) is 1. The third kappa shape index (κ3) is 3.50. The highest BCUT2D eigenvalue weighted by molar-refractivity contribution is 7.92. The van der Waals surface area contributed by atoms with Gasteiger partial charge in [-0.25, -0.2) is 4.98 Å². The Bertz CT molecular complexity index is 829. The Balaban J connectivity index is 2.34. The van der Waals surface area contributed by atoms with Crippen LogP contribution in [0.3, 0.4) is 0 Å². The molecule has 9 heteroatoms. The van der Waals surface area contributed by atoms with Gasteiger partial charge in [0.15, 0.2) is 5.03 Å². The van der Waals surface area contributed by atoms with E-state index in [1.807, 2.05) is 13.8 Å². The Hall–Kier alpha value is -2.42. The van der Waals surface area contributed by atoms with Crippen molar-refractivity contribution in [3.05, 3.63) is 46.4 Å². The minimum Gasteiger partial charge on any atom is -0.333 e. The van der Waals surface area contributed by atoms with E-state index in [2.05, 4.69) is 9.71 Å². The minimum atomic E-state index is -3.90. The van der Waals surface area contributed by atoms with E-state index in [1.165, 1.54) is 37.6 Å². The summed E-state index contributed by atoms with van der Waals surface area (Å²) in [5.41, 5.74) is 0.273. The van der Waals surface area contributed by atoms with Gasteiger partial charge in [0.1, 0.15) is 0 Å². The summed E-state index contributed by atoms with van der Waals surface area (Å²) in [5.74, 6) is 0. The lowest BCUT2D eigenvalue weighted by Crippen LogP contribution is -2.14. The van der Waals surface area contributed by atoms with Crippen molar-refractivity contribution >= 4 is 21.4 Å². The molecule has 0 aliphatic rings. The molecule has 0 bridgehead atoms. The molecule has 0 spiro atoms. The molecule has 0 saturated heterocycles. The van der Waals surface area contributed by atoms with Gasteiger partial charge >= 0.3 is 0 Å². The smallest absolute Gasteiger partial charge is 0.280 e. The average Bonchev–Trinajstić information content (AvgIpc) is 2.99. The molecule has 1 atom stereocenters. The van der Waals surface area contributed by atoms with Crippen LogP contribution in [0.15, 0.2) is 35.7 Å². The van der Waals surface area contributed by atoms with E-state index in [0.29, 0.717) is 0 Å². The Morgan fingerprint density at radius 3 is 2.74 bits per heavy atom. The third-order valence-electron chi connectivity index (χ3n) is 3.70. The molecule has 0 aliphatic carbocycles. The number of nitro groups is 1. The summed E-state index contributed by atoms with van der Waals surface area (Å²) in [4.78, 5) is 14.3. The van der Waals surface area contributed by atoms with Crippen molar-refractivity contribution in [3.8, 4) is 0 Å². The molecular formula is C14H18N4O4S. The van der Waals surface area contributed by atoms with Gasteiger partial charge in [-0.15, -0.1) is 0 Å². The first-order valence-electron chi connectivity index (χ1n) is 7.06. The molecule has 8 nitrogen and oxygen atoms in total. The van der Waals surface area contributed by atoms with Crippen LogP contribution < -0.4 is 4.72 Å². The number of benzene rings is 1. The molecule has 1 aromatic carbocycles. The number of sulfonamides is 1. The van der Waals surface area contributed by atoms with Gasteiger partial charge < -0.3 is 4.57 Å². The fraction of sp³-hybridized carbons (Fsp3) is 0.357. The lowest BCUT2D eigenvalue weighted by molar-refractivity contribution is -0.385. The molecule has 0 unspecified atom stereocenters. The van der Waals surface area contributed by atoms with E-state index in [-0.39, 0.29) is 28.0 Å². The zero-order valence-electron chi connectivity index (χ0n) is 13.1. The minimum absolute atomic E-state index is 0.122. The number of imidazole rings is 1. The summed E-state index contributed by atoms with van der Waals surface area (Å²) in [5, 5.41) is 10.8. The standard InChI is InChI=1S/C14H18N4O4S/c1-4-10(2)17-8-14(15-9-17)23(21,22)16-12-6-5-7-13(11(12)3)18(19)20/h5-10,16H,4H2,1-3H3/t10-/m1/s1. The van der Waals surface area contributed by atoms with Crippen LogP contribution in [0.25, 0.3) is 0 Å². The predicted molar refractivity (Wildman–Crippen MR) is 85.9 cm³/mol. The fourth-order valence-electron chi connectivity index (χ4n) is 2.04. The Kier molecular flexibility index (Phi) is 4.69. The quantitative estimate of drug-likeness (QED) is 0.643. The molecule has 0 radical (unpaired) electrons. The van der Waals surface area contributed by atoms with Crippen molar-refractivity contribution in [1.29, 1.82) is 0 Å². The van der Waals surface area contributed by atoms with Crippen molar-refractivity contribution < 1.29 is 13.3 Å². The molecule has 2 aromatic rings. The first-order valence-corrected chi connectivity index (χ1v) is 8.55. The lowest BCUT2D eigenvalue weighted by Gasteiger charge is -2.10. The van der Waals surface area contributed by atoms with Crippen LogP contribution in [0.4, 0.5) is 11.4 Å². The van der Waals surface area contributed by atoms with Crippen LogP contribution >= 0.6 is 0 Å². The van der Waals surface area contributed by atoms with Crippen molar-refractivity contribution in [2.75, 3.05) is 4.72 Å². The third-order valence-corrected chi connectivity index (χ3v) is 4.95. The van der Waals surface area contributed by atoms with Gasteiger partial charge in [-0.3, -0.25) is 14.8 Å². The molecule has 0 fully saturated rings. The van der Waals surface area contributed by atoms with Crippen LogP contribution in [0, 0.1) is 17.0 Å². The monoisotopic (exact) mass is 338 g/mol. The number of aromatic nitrogens is 2. The molecule has 2 rings (SSSR count). The normalized spacial score (nSPS) is 12.8. The van der Waals surface area contributed by atoms with Crippen LogP contribution in [0.2, 0.25) is 0 Å². The summed E-state index contributed by atoms with van der Waals surface area (Å²) < 4.78 is 28.9. The van der Waals surface area contributed by atoms with Crippen molar-refractivity contribution in [1.82, 2.24) is 9.55 Å². The second-order valence-corrected chi connectivity index (χ2v) is 6.86. The zero-order chi connectivity index (χ0) is 17.2. The van der Waals surface area contributed by atoms with Gasteiger partial charge in [0.05, 0.1) is 22.5 Å². The molecule has 0 amide bonds. The SMILES string of the molecule is CC[C@@H](C)n1cnc(S(=O)(=O)Nc2cccc([N+](=O)[O-])c2C)c1. The van der Waals surface area contributed by atoms with Gasteiger partial charge in [-0.05, 0) is 26.3 Å². The molecule has 1 heterocycles. The Labute approximate surface area is 134 Å². The van der Waals surface area contributed by atoms with Crippen LogP contribution in [0.1, 0.15) is 31.9 Å². The maximum atomic E-state index is 12.4. The first-order chi connectivity index (χ1) is 10.8. The van der Waals surface area contributed by atoms with E-state index in [1.54, 1.807) is 4.57 Å². The number of nitrogens with one attached hydrogen (secondary N) is 1. The number of nitrogens with zero attached hydrogens (tertiary/aromatic N) is 3. The largest absolute Gasteiger partial charge is 0.333 e. The summed E-state index contributed by atoms with van der Waals surface area (Å²) >= 11 is 0. The van der Waals surface area contributed by atoms with E-state index >= 15 is 0 Å². The second-order valence-electron chi connectivity index (χ2n) is 5.23. The highest BCUT2D eigenvalue weighted by Gasteiger charge is 2.21. The van der Waals surface area contributed by atoms with Gasteiger partial charge in [-0.1, -0.05) is 13.0 Å². The van der Waals surface area contributed by atoms with Crippen molar-refractivity contribution in [2.45, 2.75) is 38.3 Å². The van der Waals surface area contributed by atoms with E-state index < -0.39 is 14.9 Å². The van der Waals surface area contributed by atoms with Gasteiger partial charge in [0.25, 0.3) is 15.7 Å². The van der Waals surface area contributed by atoms with Gasteiger partial charge in [0.2, 0.25) is 0 Å². The van der Waals surface area contributed by atoms with E-state index in [0.717, 1.165) is 6.42 Å². The summed E-state index contributed by atoms with van der Waals surface area (Å²) in [6.45, 7) is 5.44. The number of rotatable bonds is 6.